The number of carboxylic acids is 1. The zero-order valence-corrected chi connectivity index (χ0v) is 34.5. The molecule has 4 rings (SSSR count). The lowest BCUT2D eigenvalue weighted by Gasteiger charge is -2.30. The van der Waals surface area contributed by atoms with Gasteiger partial charge in [0.05, 0.1) is 18.8 Å². The maximum Gasteiger partial charge on any atom is 0.326 e. The lowest BCUT2D eigenvalue weighted by Crippen LogP contribution is -2.61. The second-order valence-electron chi connectivity index (χ2n) is 15.4. The van der Waals surface area contributed by atoms with Gasteiger partial charge in [0.1, 0.15) is 36.0 Å². The van der Waals surface area contributed by atoms with Gasteiger partial charge in [-0.2, -0.15) is 0 Å². The summed E-state index contributed by atoms with van der Waals surface area (Å²) in [6.07, 6.45) is 2.14. The molecule has 0 unspecified atom stereocenters. The number of hydrogen-bond donors (Lipinski definition) is 10. The third kappa shape index (κ3) is 13.0. The number of aromatic amines is 1. The normalized spacial score (nSPS) is 17.2. The van der Waals surface area contributed by atoms with Crippen LogP contribution in [-0.4, -0.2) is 129 Å². The van der Waals surface area contributed by atoms with Gasteiger partial charge in [-0.25, -0.2) is 9.18 Å². The Morgan fingerprint density at radius 3 is 2.23 bits per heavy atom. The Kier molecular flexibility index (Phi) is 17.7. The summed E-state index contributed by atoms with van der Waals surface area (Å²) in [7, 11) is 0. The summed E-state index contributed by atoms with van der Waals surface area (Å²) in [6.45, 7) is 4.03. The van der Waals surface area contributed by atoms with Crippen LogP contribution in [0.1, 0.15) is 75.2 Å². The Morgan fingerprint density at radius 1 is 0.902 bits per heavy atom. The fourth-order valence-corrected chi connectivity index (χ4v) is 7.11. The zero-order valence-electron chi connectivity index (χ0n) is 34.5. The van der Waals surface area contributed by atoms with Crippen molar-refractivity contribution in [1.82, 2.24) is 36.5 Å². The Hall–Kier alpha value is -5.92. The van der Waals surface area contributed by atoms with Gasteiger partial charge >= 0.3 is 5.97 Å². The molecule has 18 nitrogen and oxygen atoms in total. The number of carboxylic acid groups (broad SMARTS) is 1. The van der Waals surface area contributed by atoms with Crippen molar-refractivity contribution in [3.63, 3.8) is 0 Å². The maximum atomic E-state index is 13.6. The number of carbonyl (C=O) groups is 7. The second-order valence-corrected chi connectivity index (χ2v) is 15.4. The Labute approximate surface area is 352 Å². The second kappa shape index (κ2) is 22.6. The van der Waals surface area contributed by atoms with Gasteiger partial charge in [0.15, 0.2) is 0 Å². The van der Waals surface area contributed by atoms with Crippen molar-refractivity contribution in [1.29, 1.82) is 0 Å². The number of para-hydroxylation sites is 1. The van der Waals surface area contributed by atoms with Gasteiger partial charge in [-0.1, -0.05) is 38.5 Å². The van der Waals surface area contributed by atoms with Crippen molar-refractivity contribution >= 4 is 52.3 Å². The summed E-state index contributed by atoms with van der Waals surface area (Å²) in [4.78, 5) is 96.5. The van der Waals surface area contributed by atoms with Crippen LogP contribution < -0.4 is 32.3 Å². The van der Waals surface area contributed by atoms with E-state index in [0.29, 0.717) is 19.3 Å². The number of aromatic nitrogens is 1. The number of nitrogens with zero attached hydrogens (tertiary/aromatic N) is 1. The molecule has 19 heteroatoms. The standard InChI is InChI=1S/C42H57FN8O10/c1-4-23(2)34(42(60)61)49-37(55)31(12-7-8-18-45-36(54)25-14-16-27(43)17-15-25)47-38(56)32(22-52)48-40(58)35(24(3)53)50-39(57)33-13-9-19-51(33)41(59)29(44)20-26-21-46-30-11-6-5-10-28(26)30/h5-6,10-11,14-17,21,23-24,29,31-35,46,52-53H,4,7-9,12-13,18-20,22,44H2,1-3H3,(H,45,54)(H,47,56)(H,48,58)(H,49,55)(H,50,57)(H,60,61)/t23-,24+,29-,31-,32-,33-,34-,35-/m0/s1. The van der Waals surface area contributed by atoms with Crippen LogP contribution in [0.2, 0.25) is 0 Å². The van der Waals surface area contributed by atoms with Crippen LogP contribution in [0.25, 0.3) is 10.9 Å². The summed E-state index contributed by atoms with van der Waals surface area (Å²) in [5.74, 6) is -6.85. The first-order chi connectivity index (χ1) is 29.1. The molecule has 3 aromatic rings. The number of aliphatic hydroxyl groups excluding tert-OH is 2. The number of amides is 6. The fraction of sp³-hybridized carbons (Fsp3) is 0.500. The summed E-state index contributed by atoms with van der Waals surface area (Å²) < 4.78 is 13.2. The predicted molar refractivity (Wildman–Crippen MR) is 221 cm³/mol. The highest BCUT2D eigenvalue weighted by Gasteiger charge is 2.39. The van der Waals surface area contributed by atoms with Crippen LogP contribution in [0.5, 0.6) is 0 Å². The molecule has 0 saturated carbocycles. The van der Waals surface area contributed by atoms with Crippen molar-refractivity contribution < 1.29 is 53.3 Å². The van der Waals surface area contributed by atoms with Crippen molar-refractivity contribution in [3.8, 4) is 0 Å². The van der Waals surface area contributed by atoms with Gasteiger partial charge in [0.2, 0.25) is 29.5 Å². The van der Waals surface area contributed by atoms with Gasteiger partial charge in [0, 0.05) is 35.8 Å². The summed E-state index contributed by atoms with van der Waals surface area (Å²) in [5.41, 5.74) is 8.29. The lowest BCUT2D eigenvalue weighted by atomic mass is 9.98. The maximum absolute atomic E-state index is 13.6. The largest absolute Gasteiger partial charge is 0.480 e. The first-order valence-electron chi connectivity index (χ1n) is 20.4. The van der Waals surface area contributed by atoms with Crippen LogP contribution in [0, 0.1) is 11.7 Å². The highest BCUT2D eigenvalue weighted by Crippen LogP contribution is 2.22. The van der Waals surface area contributed by atoms with Crippen molar-refractivity contribution in [2.24, 2.45) is 11.7 Å². The van der Waals surface area contributed by atoms with Crippen LogP contribution >= 0.6 is 0 Å². The third-order valence-electron chi connectivity index (χ3n) is 10.9. The van der Waals surface area contributed by atoms with E-state index in [1.807, 2.05) is 24.3 Å². The molecule has 1 fully saturated rings. The molecule has 1 saturated heterocycles. The fourth-order valence-electron chi connectivity index (χ4n) is 7.11. The number of carbonyl (C=O) groups excluding carboxylic acids is 6. The molecule has 0 bridgehead atoms. The number of unbranched alkanes of at least 4 members (excludes halogenated alkanes) is 1. The molecular weight excluding hydrogens is 796 g/mol. The number of aliphatic hydroxyl groups is 2. The van der Waals surface area contributed by atoms with Crippen molar-refractivity contribution in [2.45, 2.75) is 108 Å². The van der Waals surface area contributed by atoms with Crippen LogP contribution in [-0.2, 0) is 35.2 Å². The Bertz CT molecular complexity index is 2010. The minimum atomic E-state index is -1.69. The molecule has 61 heavy (non-hydrogen) atoms. The SMILES string of the molecule is CC[C@H](C)[C@H](NC(=O)[C@H](CCCCNC(=O)c1ccc(F)cc1)NC(=O)[C@H](CO)NC(=O)[C@@H](NC(=O)[C@@H]1CCCN1C(=O)[C@@H](N)Cc1c[nH]c2ccccc12)[C@@H](C)O)C(=O)O. The smallest absolute Gasteiger partial charge is 0.326 e. The Balaban J connectivity index is 1.38. The molecule has 1 aliphatic rings. The molecule has 0 spiro atoms. The molecule has 1 aliphatic heterocycles. The average Bonchev–Trinajstić information content (AvgIpc) is 3.90. The number of H-pyrrole nitrogens is 1. The lowest BCUT2D eigenvalue weighted by molar-refractivity contribution is -0.144. The number of nitrogens with two attached hydrogens (primary N) is 1. The van der Waals surface area contributed by atoms with E-state index in [-0.39, 0.29) is 44.3 Å². The number of likely N-dealkylation sites (tertiary alicyclic amines) is 1. The first kappa shape index (κ1) is 47.8. The molecular formula is C42H57FN8O10. The van der Waals surface area contributed by atoms with E-state index < -0.39 is 102 Å². The topological polar surface area (TPSA) is 285 Å². The summed E-state index contributed by atoms with van der Waals surface area (Å²) >= 11 is 0. The molecule has 0 aliphatic carbocycles. The molecule has 0 radical (unpaired) electrons. The quantitative estimate of drug-likeness (QED) is 0.0610. The molecule has 11 N–H and O–H groups in total. The highest BCUT2D eigenvalue weighted by atomic mass is 19.1. The van der Waals surface area contributed by atoms with E-state index >= 15 is 0 Å². The van der Waals surface area contributed by atoms with Crippen molar-refractivity contribution in [2.75, 3.05) is 19.7 Å². The van der Waals surface area contributed by atoms with E-state index in [0.717, 1.165) is 28.6 Å². The first-order valence-corrected chi connectivity index (χ1v) is 20.4. The van der Waals surface area contributed by atoms with Gasteiger partial charge in [0.25, 0.3) is 5.91 Å². The molecule has 8 atom stereocenters. The summed E-state index contributed by atoms with van der Waals surface area (Å²) in [6, 6.07) is 4.53. The van der Waals surface area contributed by atoms with Crippen LogP contribution in [0.15, 0.2) is 54.7 Å². The predicted octanol–water partition coefficient (Wildman–Crippen LogP) is 0.211. The van der Waals surface area contributed by atoms with Crippen LogP contribution in [0.4, 0.5) is 4.39 Å². The number of fused-ring (bicyclic) bond motifs is 1. The average molecular weight is 853 g/mol. The van der Waals surface area contributed by atoms with E-state index in [9.17, 15) is 53.3 Å². The molecule has 1 aromatic heterocycles. The molecule has 332 valence electrons. The number of rotatable bonds is 22. The van der Waals surface area contributed by atoms with Gasteiger partial charge in [-0.15, -0.1) is 0 Å². The van der Waals surface area contributed by atoms with Gasteiger partial charge in [-0.3, -0.25) is 28.8 Å². The van der Waals surface area contributed by atoms with Crippen LogP contribution in [0.3, 0.4) is 0 Å². The van der Waals surface area contributed by atoms with Gasteiger partial charge < -0.3 is 57.5 Å². The molecule has 2 aromatic carbocycles. The number of halogens is 1. The van der Waals surface area contributed by atoms with E-state index in [4.69, 9.17) is 5.73 Å². The van der Waals surface area contributed by atoms with E-state index in [1.165, 1.54) is 24.0 Å². The number of hydrogen-bond acceptors (Lipinski definition) is 10. The number of benzene rings is 2. The van der Waals surface area contributed by atoms with Gasteiger partial charge in [-0.05, 0) is 87.3 Å². The highest BCUT2D eigenvalue weighted by molar-refractivity contribution is 5.97. The molecule has 2 heterocycles. The Morgan fingerprint density at radius 2 is 1.57 bits per heavy atom. The number of nitrogens with one attached hydrogen (secondary N) is 6. The van der Waals surface area contributed by atoms with E-state index in [1.54, 1.807) is 20.0 Å². The van der Waals surface area contributed by atoms with Crippen molar-refractivity contribution in [3.05, 3.63) is 71.7 Å². The summed E-state index contributed by atoms with van der Waals surface area (Å²) in [5, 5.41) is 43.8. The third-order valence-corrected chi connectivity index (χ3v) is 10.9. The number of aliphatic carboxylic acids is 1. The minimum absolute atomic E-state index is 0.0443. The van der Waals surface area contributed by atoms with E-state index in [2.05, 4.69) is 31.6 Å². The molecule has 6 amide bonds. The minimum Gasteiger partial charge on any atom is -0.480 e. The zero-order chi connectivity index (χ0) is 44.8. The monoisotopic (exact) mass is 852 g/mol.